The number of carbonyl (C=O) groups excluding carboxylic acids is 1. The molecular weight excluding hydrogens is 242 g/mol. The van der Waals surface area contributed by atoms with E-state index in [1.807, 2.05) is 0 Å². The second kappa shape index (κ2) is 5.65. The smallest absolute Gasteiger partial charge is 0.267 e. The second-order valence-corrected chi connectivity index (χ2v) is 5.25. The number of H-pyrrole nitrogens is 1. The van der Waals surface area contributed by atoms with Gasteiger partial charge in [-0.1, -0.05) is 13.8 Å². The molecule has 0 radical (unpaired) electrons. The van der Waals surface area contributed by atoms with E-state index < -0.39 is 0 Å². The number of carbonyl (C=O) groups is 1. The number of aromatic amines is 1. The van der Waals surface area contributed by atoms with Crippen molar-refractivity contribution in [3.05, 3.63) is 18.0 Å². The molecular formula is C14H23N3O2. The number of anilines is 1. The molecule has 1 unspecified atom stereocenters. The van der Waals surface area contributed by atoms with E-state index in [9.17, 15) is 4.79 Å². The van der Waals surface area contributed by atoms with Crippen molar-refractivity contribution in [2.45, 2.75) is 51.2 Å². The summed E-state index contributed by atoms with van der Waals surface area (Å²) in [5.41, 5.74) is 6.62. The third kappa shape index (κ3) is 3.10. The van der Waals surface area contributed by atoms with Crippen LogP contribution in [0.1, 0.15) is 50.0 Å². The van der Waals surface area contributed by atoms with Gasteiger partial charge in [-0.05, 0) is 31.7 Å². The first-order valence-corrected chi connectivity index (χ1v) is 6.97. The van der Waals surface area contributed by atoms with E-state index >= 15 is 0 Å². The zero-order valence-corrected chi connectivity index (χ0v) is 11.7. The Morgan fingerprint density at radius 2 is 2.32 bits per heavy atom. The second-order valence-electron chi connectivity index (χ2n) is 5.25. The lowest BCUT2D eigenvalue weighted by molar-refractivity contribution is -0.0917. The summed E-state index contributed by atoms with van der Waals surface area (Å²) in [6, 6.07) is 1.83. The quantitative estimate of drug-likeness (QED) is 0.779. The molecule has 1 aliphatic heterocycles. The van der Waals surface area contributed by atoms with E-state index in [0.29, 0.717) is 18.0 Å². The van der Waals surface area contributed by atoms with Crippen LogP contribution in [0.4, 0.5) is 5.69 Å². The van der Waals surface area contributed by atoms with Gasteiger partial charge in [0.15, 0.2) is 0 Å². The highest BCUT2D eigenvalue weighted by Crippen LogP contribution is 2.31. The third-order valence-corrected chi connectivity index (χ3v) is 4.07. The minimum absolute atomic E-state index is 0.0784. The summed E-state index contributed by atoms with van der Waals surface area (Å²) in [7, 11) is 0. The number of nitrogens with one attached hydrogen (secondary N) is 2. The number of hydrogen-bond donors (Lipinski definition) is 3. The first-order valence-electron chi connectivity index (χ1n) is 6.97. The molecule has 2 rings (SSSR count). The van der Waals surface area contributed by atoms with Crippen LogP contribution in [0.3, 0.4) is 0 Å². The molecule has 0 aliphatic carbocycles. The molecule has 0 bridgehead atoms. The van der Waals surface area contributed by atoms with Crippen molar-refractivity contribution in [1.29, 1.82) is 0 Å². The minimum Gasteiger partial charge on any atom is -0.397 e. The van der Waals surface area contributed by atoms with Crippen molar-refractivity contribution in [3.63, 3.8) is 0 Å². The average Bonchev–Trinajstić information content (AvgIpc) is 2.85. The molecule has 1 saturated heterocycles. The van der Waals surface area contributed by atoms with E-state index in [1.54, 1.807) is 12.3 Å². The predicted octanol–water partition coefficient (Wildman–Crippen LogP) is 2.06. The minimum atomic E-state index is -0.0929. The summed E-state index contributed by atoms with van der Waals surface area (Å²) < 4.78 is 5.91. The summed E-state index contributed by atoms with van der Waals surface area (Å²) in [5, 5.41) is 3.07. The molecule has 1 aromatic rings. The van der Waals surface area contributed by atoms with Crippen LogP contribution in [0.15, 0.2) is 12.3 Å². The fourth-order valence-electron chi connectivity index (χ4n) is 2.70. The Morgan fingerprint density at radius 3 is 2.89 bits per heavy atom. The molecule has 2 heterocycles. The molecule has 106 valence electrons. The molecule has 1 atom stereocenters. The molecule has 0 saturated carbocycles. The Balaban J connectivity index is 1.97. The highest BCUT2D eigenvalue weighted by molar-refractivity contribution is 5.93. The van der Waals surface area contributed by atoms with Gasteiger partial charge in [0.25, 0.3) is 5.91 Å². The predicted molar refractivity (Wildman–Crippen MR) is 75.0 cm³/mol. The molecule has 1 aliphatic rings. The maximum Gasteiger partial charge on any atom is 0.267 e. The van der Waals surface area contributed by atoms with Crippen LogP contribution in [0.2, 0.25) is 0 Å². The lowest BCUT2D eigenvalue weighted by Crippen LogP contribution is -2.48. The number of nitrogens with two attached hydrogens (primary N) is 1. The fraction of sp³-hybridized carbons (Fsp3) is 0.643. The van der Waals surface area contributed by atoms with Crippen molar-refractivity contribution in [2.24, 2.45) is 0 Å². The Labute approximate surface area is 113 Å². The van der Waals surface area contributed by atoms with E-state index in [-0.39, 0.29) is 17.6 Å². The van der Waals surface area contributed by atoms with Crippen molar-refractivity contribution in [2.75, 3.05) is 12.3 Å². The van der Waals surface area contributed by atoms with Gasteiger partial charge < -0.3 is 20.8 Å². The highest BCUT2D eigenvalue weighted by atomic mass is 16.5. The van der Waals surface area contributed by atoms with Crippen LogP contribution in [-0.2, 0) is 4.74 Å². The molecule has 0 aromatic carbocycles. The fourth-order valence-corrected chi connectivity index (χ4v) is 2.70. The SMILES string of the molecule is CCC1(CC)CC(NC(=O)c2cc(N)c[nH]2)CCO1. The van der Waals surface area contributed by atoms with E-state index in [4.69, 9.17) is 10.5 Å². The molecule has 5 heteroatoms. The number of rotatable bonds is 4. The molecule has 4 N–H and O–H groups in total. The average molecular weight is 265 g/mol. The van der Waals surface area contributed by atoms with Gasteiger partial charge in [-0.25, -0.2) is 0 Å². The van der Waals surface area contributed by atoms with Gasteiger partial charge in [-0.3, -0.25) is 4.79 Å². The zero-order valence-electron chi connectivity index (χ0n) is 11.7. The maximum atomic E-state index is 12.1. The Kier molecular flexibility index (Phi) is 4.14. The van der Waals surface area contributed by atoms with Crippen LogP contribution in [-0.4, -0.2) is 29.1 Å². The molecule has 0 spiro atoms. The first kappa shape index (κ1) is 13.9. The number of amides is 1. The molecule has 19 heavy (non-hydrogen) atoms. The summed E-state index contributed by atoms with van der Waals surface area (Å²) in [5.74, 6) is -0.0929. The topological polar surface area (TPSA) is 80.1 Å². The van der Waals surface area contributed by atoms with Crippen molar-refractivity contribution in [1.82, 2.24) is 10.3 Å². The Hall–Kier alpha value is -1.49. The van der Waals surface area contributed by atoms with Gasteiger partial charge in [0, 0.05) is 24.5 Å². The molecule has 1 fully saturated rings. The highest BCUT2D eigenvalue weighted by Gasteiger charge is 2.35. The lowest BCUT2D eigenvalue weighted by atomic mass is 9.86. The largest absolute Gasteiger partial charge is 0.397 e. The Bertz CT molecular complexity index is 438. The van der Waals surface area contributed by atoms with Crippen LogP contribution in [0, 0.1) is 0 Å². The van der Waals surface area contributed by atoms with Crippen LogP contribution >= 0.6 is 0 Å². The monoisotopic (exact) mass is 265 g/mol. The number of aromatic nitrogens is 1. The van der Waals surface area contributed by atoms with Crippen molar-refractivity contribution in [3.8, 4) is 0 Å². The van der Waals surface area contributed by atoms with Crippen LogP contribution in [0.5, 0.6) is 0 Å². The number of nitrogen functional groups attached to an aromatic ring is 1. The standard InChI is InChI=1S/C14H23N3O2/c1-3-14(4-2)8-11(5-6-19-14)17-13(18)12-7-10(15)9-16-12/h7,9,11,16H,3-6,8,15H2,1-2H3,(H,17,18). The summed E-state index contributed by atoms with van der Waals surface area (Å²) in [4.78, 5) is 15.0. The Morgan fingerprint density at radius 1 is 1.58 bits per heavy atom. The third-order valence-electron chi connectivity index (χ3n) is 4.07. The van der Waals surface area contributed by atoms with Gasteiger partial charge in [-0.15, -0.1) is 0 Å². The molecule has 5 nitrogen and oxygen atoms in total. The van der Waals surface area contributed by atoms with Crippen molar-refractivity contribution >= 4 is 11.6 Å². The van der Waals surface area contributed by atoms with E-state index in [0.717, 1.165) is 25.7 Å². The van der Waals surface area contributed by atoms with E-state index in [2.05, 4.69) is 24.1 Å². The molecule has 1 amide bonds. The van der Waals surface area contributed by atoms with Crippen LogP contribution in [0.25, 0.3) is 0 Å². The maximum absolute atomic E-state index is 12.1. The molecule has 1 aromatic heterocycles. The van der Waals surface area contributed by atoms with Gasteiger partial charge in [-0.2, -0.15) is 0 Å². The summed E-state index contributed by atoms with van der Waals surface area (Å²) in [6.45, 7) is 4.98. The van der Waals surface area contributed by atoms with Gasteiger partial charge >= 0.3 is 0 Å². The normalized spacial score (nSPS) is 22.1. The van der Waals surface area contributed by atoms with Crippen molar-refractivity contribution < 1.29 is 9.53 Å². The van der Waals surface area contributed by atoms with Crippen LogP contribution < -0.4 is 11.1 Å². The summed E-state index contributed by atoms with van der Waals surface area (Å²) >= 11 is 0. The first-order chi connectivity index (χ1) is 9.08. The zero-order chi connectivity index (χ0) is 13.9. The van der Waals surface area contributed by atoms with Gasteiger partial charge in [0.05, 0.1) is 5.60 Å². The summed E-state index contributed by atoms with van der Waals surface area (Å²) in [6.07, 6.45) is 5.32. The van der Waals surface area contributed by atoms with Gasteiger partial charge in [0.1, 0.15) is 5.69 Å². The number of ether oxygens (including phenoxy) is 1. The lowest BCUT2D eigenvalue weighted by Gasteiger charge is -2.40. The number of hydrogen-bond acceptors (Lipinski definition) is 3. The van der Waals surface area contributed by atoms with Gasteiger partial charge in [0.2, 0.25) is 0 Å². The van der Waals surface area contributed by atoms with E-state index in [1.165, 1.54) is 0 Å².